The highest BCUT2D eigenvalue weighted by Gasteiger charge is 2.20. The molecule has 3 rings (SSSR count). The van der Waals surface area contributed by atoms with Gasteiger partial charge >= 0.3 is 0 Å². The van der Waals surface area contributed by atoms with E-state index in [2.05, 4.69) is 20.4 Å². The van der Waals surface area contributed by atoms with Gasteiger partial charge in [-0.1, -0.05) is 26.0 Å². The first-order valence-electron chi connectivity index (χ1n) is 10.3. The number of para-hydroxylation sites is 1. The van der Waals surface area contributed by atoms with Crippen molar-refractivity contribution in [3.63, 3.8) is 0 Å². The summed E-state index contributed by atoms with van der Waals surface area (Å²) >= 11 is 0. The van der Waals surface area contributed by atoms with Gasteiger partial charge < -0.3 is 15.5 Å². The average molecular weight is 413 g/mol. The average Bonchev–Trinajstić information content (AvgIpc) is 2.73. The van der Waals surface area contributed by atoms with E-state index in [1.54, 1.807) is 36.4 Å². The minimum Gasteiger partial charge on any atom is -0.369 e. The van der Waals surface area contributed by atoms with Gasteiger partial charge in [-0.25, -0.2) is 4.39 Å². The number of piperazine rings is 1. The van der Waals surface area contributed by atoms with Crippen LogP contribution < -0.4 is 15.5 Å². The molecule has 0 atom stereocenters. The van der Waals surface area contributed by atoms with E-state index in [1.807, 2.05) is 13.8 Å². The molecule has 1 saturated heterocycles. The molecule has 7 heteroatoms. The summed E-state index contributed by atoms with van der Waals surface area (Å²) in [4.78, 5) is 29.3. The highest BCUT2D eigenvalue weighted by Crippen LogP contribution is 2.18. The second-order valence-corrected chi connectivity index (χ2v) is 7.94. The molecular formula is C23H29FN4O2. The van der Waals surface area contributed by atoms with Crippen LogP contribution in [0, 0.1) is 11.7 Å². The molecule has 2 N–H and O–H groups in total. The quantitative estimate of drug-likeness (QED) is 0.734. The number of amides is 2. The van der Waals surface area contributed by atoms with E-state index in [-0.39, 0.29) is 24.2 Å². The van der Waals surface area contributed by atoms with E-state index in [1.165, 1.54) is 12.1 Å². The van der Waals surface area contributed by atoms with Crippen molar-refractivity contribution in [3.8, 4) is 0 Å². The molecule has 6 nitrogen and oxygen atoms in total. The van der Waals surface area contributed by atoms with Gasteiger partial charge in [0.2, 0.25) is 5.91 Å². The predicted octanol–water partition coefficient (Wildman–Crippen LogP) is 2.97. The van der Waals surface area contributed by atoms with Crippen LogP contribution in [0.3, 0.4) is 0 Å². The Bertz CT molecular complexity index is 862. The molecule has 160 valence electrons. The smallest absolute Gasteiger partial charge is 0.253 e. The molecular weight excluding hydrogens is 383 g/mol. The molecule has 1 aliphatic heterocycles. The van der Waals surface area contributed by atoms with Crippen LogP contribution in [0.15, 0.2) is 48.5 Å². The fourth-order valence-electron chi connectivity index (χ4n) is 3.39. The monoisotopic (exact) mass is 412 g/mol. The molecule has 0 spiro atoms. The predicted molar refractivity (Wildman–Crippen MR) is 117 cm³/mol. The second-order valence-electron chi connectivity index (χ2n) is 7.94. The molecule has 1 aliphatic rings. The van der Waals surface area contributed by atoms with Crippen molar-refractivity contribution in [1.82, 2.24) is 10.2 Å². The molecule has 1 heterocycles. The van der Waals surface area contributed by atoms with Gasteiger partial charge in [-0.15, -0.1) is 0 Å². The van der Waals surface area contributed by atoms with Crippen molar-refractivity contribution in [2.24, 2.45) is 5.92 Å². The third-order valence-corrected chi connectivity index (χ3v) is 5.05. The topological polar surface area (TPSA) is 64.7 Å². The molecule has 30 heavy (non-hydrogen) atoms. The zero-order valence-corrected chi connectivity index (χ0v) is 17.5. The highest BCUT2D eigenvalue weighted by molar-refractivity contribution is 6.04. The molecule has 0 radical (unpaired) electrons. The lowest BCUT2D eigenvalue weighted by molar-refractivity contribution is -0.117. The maximum Gasteiger partial charge on any atom is 0.253 e. The van der Waals surface area contributed by atoms with Crippen molar-refractivity contribution in [2.45, 2.75) is 13.8 Å². The maximum atomic E-state index is 13.1. The lowest BCUT2D eigenvalue weighted by atomic mass is 10.1. The zero-order valence-electron chi connectivity index (χ0n) is 17.5. The largest absolute Gasteiger partial charge is 0.369 e. The van der Waals surface area contributed by atoms with Crippen LogP contribution in [-0.4, -0.2) is 56.0 Å². The van der Waals surface area contributed by atoms with Gasteiger partial charge in [-0.05, 0) is 42.3 Å². The molecule has 0 aromatic heterocycles. The molecule has 0 saturated carbocycles. The number of anilines is 2. The fourth-order valence-corrected chi connectivity index (χ4v) is 3.39. The Morgan fingerprint density at radius 3 is 2.33 bits per heavy atom. The molecule has 0 unspecified atom stereocenters. The molecule has 2 aromatic rings. The van der Waals surface area contributed by atoms with Crippen LogP contribution in [0.5, 0.6) is 0 Å². The van der Waals surface area contributed by atoms with E-state index in [4.69, 9.17) is 0 Å². The second kappa shape index (κ2) is 10.2. The zero-order chi connectivity index (χ0) is 21.5. The lowest BCUT2D eigenvalue weighted by Crippen LogP contribution is -2.48. The summed E-state index contributed by atoms with van der Waals surface area (Å²) in [6, 6.07) is 13.5. The Morgan fingerprint density at radius 1 is 1.00 bits per heavy atom. The van der Waals surface area contributed by atoms with Gasteiger partial charge in [0.05, 0.1) is 17.8 Å². The molecule has 0 aliphatic carbocycles. The number of carbonyl (C=O) groups is 2. The summed E-state index contributed by atoms with van der Waals surface area (Å²) in [5.74, 6) is -0.224. The highest BCUT2D eigenvalue weighted by atomic mass is 19.1. The van der Waals surface area contributed by atoms with E-state index in [0.717, 1.165) is 31.9 Å². The first-order chi connectivity index (χ1) is 14.4. The van der Waals surface area contributed by atoms with Gasteiger partial charge in [0.25, 0.3) is 5.91 Å². The van der Waals surface area contributed by atoms with Crippen molar-refractivity contribution >= 4 is 23.2 Å². The molecule has 2 aromatic carbocycles. The van der Waals surface area contributed by atoms with Gasteiger partial charge in [-0.2, -0.15) is 0 Å². The summed E-state index contributed by atoms with van der Waals surface area (Å²) in [5.41, 5.74) is 1.98. The number of halogens is 1. The van der Waals surface area contributed by atoms with E-state index < -0.39 is 0 Å². The lowest BCUT2D eigenvalue weighted by Gasteiger charge is -2.35. The number of benzene rings is 2. The summed E-state index contributed by atoms with van der Waals surface area (Å²) in [6.45, 7) is 7.93. The van der Waals surface area contributed by atoms with Crippen LogP contribution in [0.4, 0.5) is 15.8 Å². The van der Waals surface area contributed by atoms with Crippen LogP contribution >= 0.6 is 0 Å². The number of rotatable bonds is 7. The van der Waals surface area contributed by atoms with E-state index >= 15 is 0 Å². The number of nitrogens with zero attached hydrogens (tertiary/aromatic N) is 2. The first-order valence-corrected chi connectivity index (χ1v) is 10.3. The Kier molecular flexibility index (Phi) is 7.41. The van der Waals surface area contributed by atoms with Crippen molar-refractivity contribution in [1.29, 1.82) is 0 Å². The van der Waals surface area contributed by atoms with Crippen LogP contribution in [0.2, 0.25) is 0 Å². The summed E-state index contributed by atoms with van der Waals surface area (Å²) in [6.07, 6.45) is 0. The third-order valence-electron chi connectivity index (χ3n) is 5.05. The van der Waals surface area contributed by atoms with Gasteiger partial charge in [-0.3, -0.25) is 14.5 Å². The summed E-state index contributed by atoms with van der Waals surface area (Å²) in [5, 5.41) is 5.77. The Morgan fingerprint density at radius 2 is 1.67 bits per heavy atom. The van der Waals surface area contributed by atoms with Crippen molar-refractivity contribution in [2.75, 3.05) is 49.5 Å². The maximum absolute atomic E-state index is 13.1. The fraction of sp³-hybridized carbons (Fsp3) is 0.391. The SMILES string of the molecule is CC(C)CNC(=O)c1ccccc1NC(=O)CN1CCN(c2ccc(F)cc2)CC1. The van der Waals surface area contributed by atoms with Crippen molar-refractivity contribution < 1.29 is 14.0 Å². The summed E-state index contributed by atoms with van der Waals surface area (Å²) in [7, 11) is 0. The van der Waals surface area contributed by atoms with Crippen LogP contribution in [0.1, 0.15) is 24.2 Å². The van der Waals surface area contributed by atoms with Gasteiger partial charge in [0.1, 0.15) is 5.82 Å². The Labute approximate surface area is 177 Å². The van der Waals surface area contributed by atoms with Gasteiger partial charge in [0.15, 0.2) is 0 Å². The molecule has 0 bridgehead atoms. The number of nitrogens with one attached hydrogen (secondary N) is 2. The molecule has 1 fully saturated rings. The summed E-state index contributed by atoms with van der Waals surface area (Å²) < 4.78 is 13.1. The Hall–Kier alpha value is -2.93. The third kappa shape index (κ3) is 6.03. The minimum atomic E-state index is -0.243. The van der Waals surface area contributed by atoms with E-state index in [0.29, 0.717) is 23.7 Å². The van der Waals surface area contributed by atoms with E-state index in [9.17, 15) is 14.0 Å². The standard InChI is InChI=1S/C23H29FN4O2/c1-17(2)15-25-23(30)20-5-3-4-6-21(20)26-22(29)16-27-11-13-28(14-12-27)19-9-7-18(24)8-10-19/h3-10,17H,11-16H2,1-2H3,(H,25,30)(H,26,29). The minimum absolute atomic E-state index is 0.144. The molecule has 2 amide bonds. The van der Waals surface area contributed by atoms with Crippen LogP contribution in [0.25, 0.3) is 0 Å². The number of hydrogen-bond donors (Lipinski definition) is 2. The Balaban J connectivity index is 1.52. The van der Waals surface area contributed by atoms with Gasteiger partial charge in [0, 0.05) is 38.4 Å². The van der Waals surface area contributed by atoms with Crippen molar-refractivity contribution in [3.05, 3.63) is 59.9 Å². The number of carbonyl (C=O) groups excluding carboxylic acids is 2. The normalized spacial score (nSPS) is 14.6. The number of hydrogen-bond acceptors (Lipinski definition) is 4. The first kappa shape index (κ1) is 21.8. The van der Waals surface area contributed by atoms with Crippen LogP contribution in [-0.2, 0) is 4.79 Å².